The molecule has 0 bridgehead atoms. The second-order valence-electron chi connectivity index (χ2n) is 7.06. The lowest BCUT2D eigenvalue weighted by Crippen LogP contribution is -2.47. The van der Waals surface area contributed by atoms with E-state index < -0.39 is 5.63 Å². The zero-order chi connectivity index (χ0) is 18.0. The van der Waals surface area contributed by atoms with Crippen LogP contribution in [0.4, 0.5) is 0 Å². The molecule has 1 saturated heterocycles. The summed E-state index contributed by atoms with van der Waals surface area (Å²) in [6.45, 7) is 6.45. The maximum atomic E-state index is 12.1. The lowest BCUT2D eigenvalue weighted by atomic mass is 9.94. The quantitative estimate of drug-likeness (QED) is 0.862. The number of benzene rings is 1. The van der Waals surface area contributed by atoms with Gasteiger partial charge in [0.25, 0.3) is 5.91 Å². The largest absolute Gasteiger partial charge is 0.484 e. The molecule has 1 aliphatic heterocycles. The molecule has 0 spiro atoms. The summed E-state index contributed by atoms with van der Waals surface area (Å²) in [6.07, 6.45) is 1.58. The Balaban J connectivity index is 1.60. The second kappa shape index (κ2) is 6.88. The average molecular weight is 345 g/mol. The van der Waals surface area contributed by atoms with Crippen LogP contribution in [0.25, 0.3) is 11.0 Å². The molecule has 25 heavy (non-hydrogen) atoms. The van der Waals surface area contributed by atoms with Gasteiger partial charge in [-0.25, -0.2) is 4.79 Å². The van der Waals surface area contributed by atoms with Crippen molar-refractivity contribution in [3.05, 3.63) is 40.2 Å². The molecule has 0 aliphatic carbocycles. The monoisotopic (exact) mass is 345 g/mol. The molecule has 1 N–H and O–H groups in total. The van der Waals surface area contributed by atoms with Crippen molar-refractivity contribution < 1.29 is 18.7 Å². The summed E-state index contributed by atoms with van der Waals surface area (Å²) >= 11 is 0. The molecule has 0 saturated carbocycles. The van der Waals surface area contributed by atoms with Crippen LogP contribution in [-0.4, -0.2) is 30.8 Å². The summed E-state index contributed by atoms with van der Waals surface area (Å²) in [7, 11) is 0. The smallest absolute Gasteiger partial charge is 0.336 e. The number of rotatable bonds is 4. The number of hydrogen-bond donors (Lipinski definition) is 1. The van der Waals surface area contributed by atoms with Crippen LogP contribution in [0.1, 0.15) is 32.3 Å². The predicted molar refractivity (Wildman–Crippen MR) is 93.9 cm³/mol. The maximum Gasteiger partial charge on any atom is 0.336 e. The second-order valence-corrected chi connectivity index (χ2v) is 7.06. The van der Waals surface area contributed by atoms with Crippen molar-refractivity contribution in [2.45, 2.75) is 45.3 Å². The Labute approximate surface area is 146 Å². The number of fused-ring (bicyclic) bond motifs is 1. The van der Waals surface area contributed by atoms with Crippen molar-refractivity contribution in [1.29, 1.82) is 0 Å². The molecule has 3 rings (SSSR count). The van der Waals surface area contributed by atoms with Gasteiger partial charge in [0, 0.05) is 30.2 Å². The third-order valence-corrected chi connectivity index (χ3v) is 4.35. The van der Waals surface area contributed by atoms with Crippen LogP contribution < -0.4 is 15.7 Å². The standard InChI is InChI=1S/C19H23NO5/c1-12-8-18(22)25-16-9-14(4-5-15(12)16)23-11-17(21)20-13-6-7-24-19(2,3)10-13/h4-5,8-9,13H,6-7,10-11H2,1-3H3,(H,20,21)/t13-/m1/s1. The molecule has 2 aromatic rings. The molecule has 1 aromatic carbocycles. The van der Waals surface area contributed by atoms with Gasteiger partial charge in [-0.2, -0.15) is 0 Å². The number of carbonyl (C=O) groups is 1. The van der Waals surface area contributed by atoms with Gasteiger partial charge in [0.05, 0.1) is 5.60 Å². The highest BCUT2D eigenvalue weighted by Crippen LogP contribution is 2.24. The Morgan fingerprint density at radius 1 is 1.36 bits per heavy atom. The molecular weight excluding hydrogens is 322 g/mol. The SMILES string of the molecule is Cc1cc(=O)oc2cc(OCC(=O)N[C@@H]3CCOC(C)(C)C3)ccc12. The Kier molecular flexibility index (Phi) is 4.81. The van der Waals surface area contributed by atoms with E-state index in [0.717, 1.165) is 23.8 Å². The van der Waals surface area contributed by atoms with Gasteiger partial charge in [-0.1, -0.05) is 0 Å². The normalized spacial score (nSPS) is 19.6. The van der Waals surface area contributed by atoms with E-state index in [1.807, 2.05) is 26.8 Å². The van der Waals surface area contributed by atoms with Crippen molar-refractivity contribution in [2.75, 3.05) is 13.2 Å². The van der Waals surface area contributed by atoms with E-state index in [1.165, 1.54) is 6.07 Å². The van der Waals surface area contributed by atoms with Gasteiger partial charge in [-0.3, -0.25) is 4.79 Å². The van der Waals surface area contributed by atoms with E-state index in [4.69, 9.17) is 13.9 Å². The van der Waals surface area contributed by atoms with Crippen LogP contribution in [-0.2, 0) is 9.53 Å². The fourth-order valence-electron chi connectivity index (χ4n) is 3.17. The van der Waals surface area contributed by atoms with E-state index in [1.54, 1.807) is 12.1 Å². The van der Waals surface area contributed by atoms with Crippen LogP contribution >= 0.6 is 0 Å². The Hall–Kier alpha value is -2.34. The molecule has 1 aromatic heterocycles. The first-order valence-electron chi connectivity index (χ1n) is 8.43. The lowest BCUT2D eigenvalue weighted by Gasteiger charge is -2.35. The molecule has 0 unspecified atom stereocenters. The van der Waals surface area contributed by atoms with Gasteiger partial charge < -0.3 is 19.2 Å². The Morgan fingerprint density at radius 3 is 2.92 bits per heavy atom. The first kappa shape index (κ1) is 17.5. The molecule has 1 atom stereocenters. The number of hydrogen-bond acceptors (Lipinski definition) is 5. The summed E-state index contributed by atoms with van der Waals surface area (Å²) in [5, 5.41) is 3.83. The number of ether oxygens (including phenoxy) is 2. The van der Waals surface area contributed by atoms with Crippen molar-refractivity contribution in [2.24, 2.45) is 0 Å². The van der Waals surface area contributed by atoms with Gasteiger partial charge >= 0.3 is 5.63 Å². The lowest BCUT2D eigenvalue weighted by molar-refractivity contribution is -0.126. The van der Waals surface area contributed by atoms with Gasteiger partial charge in [0.15, 0.2) is 6.61 Å². The van der Waals surface area contributed by atoms with Gasteiger partial charge in [-0.15, -0.1) is 0 Å². The topological polar surface area (TPSA) is 77.8 Å². The highest BCUT2D eigenvalue weighted by molar-refractivity contribution is 5.81. The maximum absolute atomic E-state index is 12.1. The minimum absolute atomic E-state index is 0.0840. The highest BCUT2D eigenvalue weighted by atomic mass is 16.5. The van der Waals surface area contributed by atoms with E-state index >= 15 is 0 Å². The molecule has 1 aliphatic rings. The minimum atomic E-state index is -0.401. The number of carbonyl (C=O) groups excluding carboxylic acids is 1. The first-order chi connectivity index (χ1) is 11.8. The first-order valence-corrected chi connectivity index (χ1v) is 8.43. The summed E-state index contributed by atoms with van der Waals surface area (Å²) in [5.74, 6) is 0.317. The van der Waals surface area contributed by atoms with Crippen molar-refractivity contribution >= 4 is 16.9 Å². The number of aryl methyl sites for hydroxylation is 1. The summed E-state index contributed by atoms with van der Waals surface area (Å²) in [4.78, 5) is 23.6. The third kappa shape index (κ3) is 4.39. The molecular formula is C19H23NO5. The number of nitrogens with one attached hydrogen (secondary N) is 1. The van der Waals surface area contributed by atoms with E-state index in [2.05, 4.69) is 5.32 Å². The van der Waals surface area contributed by atoms with Gasteiger partial charge in [0.1, 0.15) is 11.3 Å². The van der Waals surface area contributed by atoms with E-state index in [9.17, 15) is 9.59 Å². The van der Waals surface area contributed by atoms with E-state index in [0.29, 0.717) is 17.9 Å². The molecule has 1 fully saturated rings. The van der Waals surface area contributed by atoms with Crippen LogP contribution in [0.15, 0.2) is 33.5 Å². The third-order valence-electron chi connectivity index (χ3n) is 4.35. The fraction of sp³-hybridized carbons (Fsp3) is 0.474. The zero-order valence-corrected chi connectivity index (χ0v) is 14.8. The molecule has 6 nitrogen and oxygen atoms in total. The molecule has 134 valence electrons. The van der Waals surface area contributed by atoms with Gasteiger partial charge in [0.2, 0.25) is 0 Å². The van der Waals surface area contributed by atoms with Crippen LogP contribution in [0.2, 0.25) is 0 Å². The summed E-state index contributed by atoms with van der Waals surface area (Å²) in [6, 6.07) is 6.76. The molecule has 0 radical (unpaired) electrons. The van der Waals surface area contributed by atoms with Crippen molar-refractivity contribution in [1.82, 2.24) is 5.32 Å². The summed E-state index contributed by atoms with van der Waals surface area (Å²) < 4.78 is 16.4. The minimum Gasteiger partial charge on any atom is -0.484 e. The molecule has 6 heteroatoms. The van der Waals surface area contributed by atoms with Crippen molar-refractivity contribution in [3.8, 4) is 5.75 Å². The van der Waals surface area contributed by atoms with Crippen LogP contribution in [0.3, 0.4) is 0 Å². The van der Waals surface area contributed by atoms with E-state index in [-0.39, 0.29) is 24.2 Å². The Morgan fingerprint density at radius 2 is 2.16 bits per heavy atom. The van der Waals surface area contributed by atoms with Crippen molar-refractivity contribution in [3.63, 3.8) is 0 Å². The molecule has 1 amide bonds. The summed E-state index contributed by atoms with van der Waals surface area (Å²) in [5.41, 5.74) is 0.680. The highest BCUT2D eigenvalue weighted by Gasteiger charge is 2.29. The van der Waals surface area contributed by atoms with Crippen LogP contribution in [0.5, 0.6) is 5.75 Å². The zero-order valence-electron chi connectivity index (χ0n) is 14.8. The number of amides is 1. The van der Waals surface area contributed by atoms with Crippen LogP contribution in [0, 0.1) is 6.92 Å². The molecule has 2 heterocycles. The average Bonchev–Trinajstić information content (AvgIpc) is 2.51. The predicted octanol–water partition coefficient (Wildman–Crippen LogP) is 2.55. The van der Waals surface area contributed by atoms with Gasteiger partial charge in [-0.05, 0) is 51.3 Å². The fourth-order valence-corrected chi connectivity index (χ4v) is 3.17. The Bertz CT molecular complexity index is 839.